The van der Waals surface area contributed by atoms with Crippen LogP contribution in [-0.4, -0.2) is 17.5 Å². The van der Waals surface area contributed by atoms with Gasteiger partial charge in [0.25, 0.3) is 0 Å². The summed E-state index contributed by atoms with van der Waals surface area (Å²) in [5, 5.41) is 9.56. The van der Waals surface area contributed by atoms with E-state index in [1.165, 1.54) is 17.6 Å². The Balaban J connectivity index is 2.22. The molecule has 2 aliphatic rings. The highest BCUT2D eigenvalue weighted by molar-refractivity contribution is 5.96. The van der Waals surface area contributed by atoms with E-state index in [-0.39, 0.29) is 17.8 Å². The van der Waals surface area contributed by atoms with Crippen molar-refractivity contribution in [2.45, 2.75) is 59.8 Å². The van der Waals surface area contributed by atoms with E-state index in [0.717, 1.165) is 19.3 Å². The van der Waals surface area contributed by atoms with Crippen LogP contribution in [0.4, 0.5) is 0 Å². The summed E-state index contributed by atoms with van der Waals surface area (Å²) in [6, 6.07) is 0. The van der Waals surface area contributed by atoms with Gasteiger partial charge in [0.1, 0.15) is 0 Å². The van der Waals surface area contributed by atoms with Crippen LogP contribution in [0, 0.1) is 17.3 Å². The molecule has 122 valence electrons. The number of carbonyl (C=O) groups is 1. The number of ketones is 1. The van der Waals surface area contributed by atoms with E-state index in [4.69, 9.17) is 0 Å². The number of Topliss-reactive ketones (excluding diaryl/α,β-unsaturated/α-hetero) is 1. The molecule has 0 aliphatic heterocycles. The molecule has 0 aromatic heterocycles. The van der Waals surface area contributed by atoms with Crippen molar-refractivity contribution in [1.82, 2.24) is 0 Å². The fourth-order valence-corrected chi connectivity index (χ4v) is 3.65. The van der Waals surface area contributed by atoms with Gasteiger partial charge in [0.15, 0.2) is 5.78 Å². The van der Waals surface area contributed by atoms with E-state index in [2.05, 4.69) is 39.8 Å². The summed E-state index contributed by atoms with van der Waals surface area (Å²) < 4.78 is 0. The predicted octanol–water partition coefficient (Wildman–Crippen LogP) is 4.60. The first-order valence-electron chi connectivity index (χ1n) is 8.52. The molecule has 0 bridgehead atoms. The van der Waals surface area contributed by atoms with E-state index >= 15 is 0 Å². The molecule has 2 aliphatic carbocycles. The molecule has 2 rings (SSSR count). The smallest absolute Gasteiger partial charge is 0.164 e. The van der Waals surface area contributed by atoms with Crippen molar-refractivity contribution in [2.75, 3.05) is 6.61 Å². The first kappa shape index (κ1) is 17.2. The summed E-state index contributed by atoms with van der Waals surface area (Å²) in [4.78, 5) is 12.3. The van der Waals surface area contributed by atoms with Gasteiger partial charge >= 0.3 is 0 Å². The lowest BCUT2D eigenvalue weighted by Gasteiger charge is -2.05. The molecule has 0 saturated heterocycles. The molecule has 1 saturated carbocycles. The third kappa shape index (κ3) is 3.98. The molecular weight excluding hydrogens is 272 g/mol. The largest absolute Gasteiger partial charge is 0.392 e. The Hall–Kier alpha value is -1.15. The molecule has 1 fully saturated rings. The minimum atomic E-state index is -0.135. The highest BCUT2D eigenvalue weighted by Gasteiger charge is 2.55. The Bertz CT molecular complexity index is 520. The lowest BCUT2D eigenvalue weighted by molar-refractivity contribution is -0.115. The highest BCUT2D eigenvalue weighted by atomic mass is 16.3. The van der Waals surface area contributed by atoms with Crippen molar-refractivity contribution in [3.63, 3.8) is 0 Å². The molecule has 0 aromatic carbocycles. The van der Waals surface area contributed by atoms with Crippen molar-refractivity contribution in [1.29, 1.82) is 0 Å². The topological polar surface area (TPSA) is 37.3 Å². The number of allylic oxidation sites excluding steroid dienone is 5. The van der Waals surface area contributed by atoms with Gasteiger partial charge in [0.2, 0.25) is 0 Å². The van der Waals surface area contributed by atoms with Gasteiger partial charge < -0.3 is 5.11 Å². The molecule has 0 spiro atoms. The van der Waals surface area contributed by atoms with Crippen LogP contribution in [0.15, 0.2) is 34.9 Å². The molecule has 0 unspecified atom stereocenters. The minimum absolute atomic E-state index is 0.0760. The average Bonchev–Trinajstić information content (AvgIpc) is 2.99. The van der Waals surface area contributed by atoms with E-state index < -0.39 is 0 Å². The summed E-state index contributed by atoms with van der Waals surface area (Å²) in [6.07, 6.45) is 11.2. The van der Waals surface area contributed by atoms with E-state index in [1.807, 2.05) is 6.08 Å². The maximum atomic E-state index is 12.3. The Morgan fingerprint density at radius 2 is 1.86 bits per heavy atom. The van der Waals surface area contributed by atoms with Crippen molar-refractivity contribution in [3.05, 3.63) is 34.9 Å². The van der Waals surface area contributed by atoms with Crippen molar-refractivity contribution >= 4 is 5.78 Å². The van der Waals surface area contributed by atoms with Crippen molar-refractivity contribution in [2.24, 2.45) is 17.3 Å². The molecule has 1 N–H and O–H groups in total. The molecule has 0 radical (unpaired) electrons. The predicted molar refractivity (Wildman–Crippen MR) is 91.5 cm³/mol. The first-order chi connectivity index (χ1) is 10.4. The summed E-state index contributed by atoms with van der Waals surface area (Å²) in [7, 11) is 0. The quantitative estimate of drug-likeness (QED) is 0.719. The first-order valence-corrected chi connectivity index (χ1v) is 8.52. The van der Waals surface area contributed by atoms with Crippen LogP contribution in [0.5, 0.6) is 0 Å². The Labute approximate surface area is 135 Å². The van der Waals surface area contributed by atoms with Crippen LogP contribution in [0.3, 0.4) is 0 Å². The maximum Gasteiger partial charge on any atom is 0.164 e. The second kappa shape index (κ2) is 6.95. The third-order valence-electron chi connectivity index (χ3n) is 5.57. The fourth-order valence-electron chi connectivity index (χ4n) is 3.65. The fraction of sp³-hybridized carbons (Fsp3) is 0.650. The molecule has 2 heteroatoms. The lowest BCUT2D eigenvalue weighted by Crippen LogP contribution is -2.07. The second-order valence-corrected chi connectivity index (χ2v) is 7.61. The summed E-state index contributed by atoms with van der Waals surface area (Å²) in [5.74, 6) is 1.14. The average molecular weight is 302 g/mol. The molecule has 0 amide bonds. The van der Waals surface area contributed by atoms with Crippen LogP contribution < -0.4 is 0 Å². The number of hydrogen-bond acceptors (Lipinski definition) is 2. The van der Waals surface area contributed by atoms with Gasteiger partial charge in [-0.3, -0.25) is 4.79 Å². The zero-order valence-electron chi connectivity index (χ0n) is 14.5. The molecule has 2 atom stereocenters. The molecule has 0 aromatic rings. The van der Waals surface area contributed by atoms with Gasteiger partial charge in [-0.25, -0.2) is 0 Å². The monoisotopic (exact) mass is 302 g/mol. The summed E-state index contributed by atoms with van der Waals surface area (Å²) >= 11 is 0. The normalized spacial score (nSPS) is 36.8. The van der Waals surface area contributed by atoms with Gasteiger partial charge in [-0.1, -0.05) is 43.2 Å². The van der Waals surface area contributed by atoms with Crippen molar-refractivity contribution in [3.8, 4) is 0 Å². The number of aliphatic hydroxyl groups excluding tert-OH is 1. The lowest BCUT2D eigenvalue weighted by atomic mass is 10.0. The summed E-state index contributed by atoms with van der Waals surface area (Å²) in [6.45, 7) is 8.74. The van der Waals surface area contributed by atoms with Crippen LogP contribution in [0.2, 0.25) is 0 Å². The van der Waals surface area contributed by atoms with E-state index in [0.29, 0.717) is 23.8 Å². The molecule has 22 heavy (non-hydrogen) atoms. The number of carbonyl (C=O) groups excluding carboxylic acids is 1. The maximum absolute atomic E-state index is 12.3. The molecule has 0 heterocycles. The SMILES string of the molecule is C/C1=C\CC(=O)/C(CO)=C/[C@@H]2[C@@H](CC/C(C)=C/CC1)C2(C)C. The number of aliphatic hydroxyl groups is 1. The standard InChI is InChI=1S/C20H30O2/c1-14-6-5-7-15(2)9-11-19(22)16(13-21)12-18-17(10-8-14)20(18,3)4/h6,9,12,17-18,21H,5,7-8,10-11,13H2,1-4H3/b14-6+,15-9+,16-12+/t17-,18-/m1/s1. The molecule has 2 nitrogen and oxygen atoms in total. The van der Waals surface area contributed by atoms with Gasteiger partial charge in [0.05, 0.1) is 6.61 Å². The van der Waals surface area contributed by atoms with Crippen LogP contribution in [-0.2, 0) is 4.79 Å². The Kier molecular flexibility index (Phi) is 5.44. The number of rotatable bonds is 1. The Morgan fingerprint density at radius 3 is 2.55 bits per heavy atom. The zero-order chi connectivity index (χ0) is 16.3. The number of fused-ring (bicyclic) bond motifs is 1. The third-order valence-corrected chi connectivity index (χ3v) is 5.57. The van der Waals surface area contributed by atoms with E-state index in [9.17, 15) is 9.90 Å². The Morgan fingerprint density at radius 1 is 1.18 bits per heavy atom. The van der Waals surface area contributed by atoms with E-state index in [1.54, 1.807) is 0 Å². The molecular formula is C20H30O2. The van der Waals surface area contributed by atoms with Gasteiger partial charge in [-0.05, 0) is 56.8 Å². The zero-order valence-corrected chi connectivity index (χ0v) is 14.5. The summed E-state index contributed by atoms with van der Waals surface area (Å²) in [5.41, 5.74) is 3.60. The second-order valence-electron chi connectivity index (χ2n) is 7.61. The van der Waals surface area contributed by atoms with Gasteiger partial charge in [-0.15, -0.1) is 0 Å². The van der Waals surface area contributed by atoms with Crippen LogP contribution in [0.1, 0.15) is 59.8 Å². The minimum Gasteiger partial charge on any atom is -0.392 e. The van der Waals surface area contributed by atoms with Gasteiger partial charge in [-0.2, -0.15) is 0 Å². The highest BCUT2D eigenvalue weighted by Crippen LogP contribution is 2.61. The van der Waals surface area contributed by atoms with Crippen molar-refractivity contribution < 1.29 is 9.90 Å². The van der Waals surface area contributed by atoms with Crippen LogP contribution >= 0.6 is 0 Å². The number of hydrogen-bond donors (Lipinski definition) is 1. The van der Waals surface area contributed by atoms with Crippen LogP contribution in [0.25, 0.3) is 0 Å². The van der Waals surface area contributed by atoms with Gasteiger partial charge in [0, 0.05) is 12.0 Å².